The highest BCUT2D eigenvalue weighted by atomic mass is 35.5. The molecule has 2 aromatic carbocycles. The van der Waals surface area contributed by atoms with Gasteiger partial charge in [-0.25, -0.2) is 0 Å². The second kappa shape index (κ2) is 11.6. The summed E-state index contributed by atoms with van der Waals surface area (Å²) in [6.07, 6.45) is 1.26. The van der Waals surface area contributed by atoms with Gasteiger partial charge in [0, 0.05) is 75.5 Å². The zero-order valence-electron chi connectivity index (χ0n) is 18.4. The van der Waals surface area contributed by atoms with E-state index in [1.54, 1.807) is 0 Å². The Balaban J connectivity index is 1.09. The quantitative estimate of drug-likeness (QED) is 0.581. The van der Waals surface area contributed by atoms with Crippen molar-refractivity contribution < 1.29 is 0 Å². The topological polar surface area (TPSA) is 13.0 Å². The van der Waals surface area contributed by atoms with Crippen molar-refractivity contribution in [2.45, 2.75) is 19.5 Å². The van der Waals surface area contributed by atoms with Gasteiger partial charge >= 0.3 is 0 Å². The van der Waals surface area contributed by atoms with Gasteiger partial charge in [0.1, 0.15) is 0 Å². The third-order valence-corrected chi connectivity index (χ3v) is 7.32. The van der Waals surface area contributed by atoms with E-state index in [2.05, 4.69) is 43.9 Å². The molecule has 0 spiro atoms. The first-order valence-corrected chi connectivity index (χ1v) is 12.3. The molecule has 2 saturated heterocycles. The molecule has 4 nitrogen and oxygen atoms in total. The van der Waals surface area contributed by atoms with E-state index in [9.17, 15) is 0 Å². The fourth-order valence-corrected chi connectivity index (χ4v) is 4.99. The average Bonchev–Trinajstić information content (AvgIpc) is 2.79. The summed E-state index contributed by atoms with van der Waals surface area (Å²) in [5.41, 5.74) is 2.48. The number of halogens is 2. The second-order valence-corrected chi connectivity index (χ2v) is 9.59. The van der Waals surface area contributed by atoms with Crippen LogP contribution < -0.4 is 0 Å². The van der Waals surface area contributed by atoms with Gasteiger partial charge in [0.2, 0.25) is 0 Å². The lowest BCUT2D eigenvalue weighted by molar-refractivity contribution is 0.106. The van der Waals surface area contributed by atoms with Crippen LogP contribution in [0.4, 0.5) is 0 Å². The van der Waals surface area contributed by atoms with E-state index in [1.807, 2.05) is 24.3 Å². The minimum atomic E-state index is 0.886. The van der Waals surface area contributed by atoms with Gasteiger partial charge in [0.25, 0.3) is 0 Å². The summed E-state index contributed by atoms with van der Waals surface area (Å²) < 4.78 is 0. The van der Waals surface area contributed by atoms with Crippen molar-refractivity contribution in [2.75, 3.05) is 65.4 Å². The summed E-state index contributed by atoms with van der Waals surface area (Å²) in [5.74, 6) is 0. The SMILES string of the molecule is Clc1ccccc1CN1CCN(CCCN2CCN(Cc3ccccc3Cl)CC2)CC1. The molecule has 4 rings (SSSR count). The summed E-state index contributed by atoms with van der Waals surface area (Å²) in [4.78, 5) is 10.3. The molecule has 0 unspecified atom stereocenters. The van der Waals surface area contributed by atoms with Gasteiger partial charge in [0.05, 0.1) is 0 Å². The second-order valence-electron chi connectivity index (χ2n) is 8.77. The van der Waals surface area contributed by atoms with Gasteiger partial charge < -0.3 is 9.80 Å². The van der Waals surface area contributed by atoms with Gasteiger partial charge in [0.15, 0.2) is 0 Å². The van der Waals surface area contributed by atoms with Crippen LogP contribution in [0.5, 0.6) is 0 Å². The molecule has 168 valence electrons. The first kappa shape index (κ1) is 23.0. The maximum Gasteiger partial charge on any atom is 0.0451 e. The summed E-state index contributed by atoms with van der Waals surface area (Å²) >= 11 is 12.6. The number of rotatable bonds is 8. The largest absolute Gasteiger partial charge is 0.301 e. The number of piperazine rings is 2. The Hall–Kier alpha value is -1.14. The molecule has 2 aromatic rings. The number of nitrogens with zero attached hydrogens (tertiary/aromatic N) is 4. The zero-order valence-corrected chi connectivity index (χ0v) is 19.9. The van der Waals surface area contributed by atoms with Crippen LogP contribution in [0.25, 0.3) is 0 Å². The highest BCUT2D eigenvalue weighted by Crippen LogP contribution is 2.19. The molecule has 2 fully saturated rings. The van der Waals surface area contributed by atoms with E-state index in [-0.39, 0.29) is 0 Å². The van der Waals surface area contributed by atoms with Gasteiger partial charge in [-0.2, -0.15) is 0 Å². The van der Waals surface area contributed by atoms with Crippen molar-refractivity contribution in [2.24, 2.45) is 0 Å². The summed E-state index contributed by atoms with van der Waals surface area (Å²) in [5, 5.41) is 1.77. The molecule has 0 amide bonds. The van der Waals surface area contributed by atoms with Gasteiger partial charge in [-0.05, 0) is 42.8 Å². The van der Waals surface area contributed by atoms with Crippen LogP contribution in [0.3, 0.4) is 0 Å². The van der Waals surface area contributed by atoms with E-state index in [0.29, 0.717) is 0 Å². The predicted octanol–water partition coefficient (Wildman–Crippen LogP) is 4.32. The third-order valence-electron chi connectivity index (χ3n) is 6.58. The Labute approximate surface area is 197 Å². The molecule has 0 N–H and O–H groups in total. The average molecular weight is 461 g/mol. The van der Waals surface area contributed by atoms with Gasteiger partial charge in [-0.15, -0.1) is 0 Å². The highest BCUT2D eigenvalue weighted by Gasteiger charge is 2.20. The fraction of sp³-hybridized carbons (Fsp3) is 0.520. The molecule has 0 aliphatic carbocycles. The Bertz CT molecular complexity index is 747. The summed E-state index contributed by atoms with van der Waals surface area (Å²) in [7, 11) is 0. The minimum Gasteiger partial charge on any atom is -0.301 e. The van der Waals surface area contributed by atoms with Crippen LogP contribution in [-0.4, -0.2) is 85.0 Å². The molecular formula is C25H34Cl2N4. The minimum absolute atomic E-state index is 0.886. The van der Waals surface area contributed by atoms with Gasteiger partial charge in [-0.3, -0.25) is 9.80 Å². The molecule has 2 aliphatic rings. The van der Waals surface area contributed by atoms with Crippen LogP contribution in [0.15, 0.2) is 48.5 Å². The third kappa shape index (κ3) is 6.92. The van der Waals surface area contributed by atoms with Crippen LogP contribution in [0.1, 0.15) is 17.5 Å². The molecule has 31 heavy (non-hydrogen) atoms. The van der Waals surface area contributed by atoms with Crippen LogP contribution >= 0.6 is 23.2 Å². The van der Waals surface area contributed by atoms with E-state index < -0.39 is 0 Å². The van der Waals surface area contributed by atoms with Crippen molar-refractivity contribution in [3.63, 3.8) is 0 Å². The standard InChI is InChI=1S/C25H34Cl2N4/c26-24-8-3-1-6-22(24)20-30-16-12-28(13-17-30)10-5-11-29-14-18-31(19-15-29)21-23-7-2-4-9-25(23)27/h1-4,6-9H,5,10-21H2. The monoisotopic (exact) mass is 460 g/mol. The Morgan fingerprint density at radius 2 is 0.871 bits per heavy atom. The lowest BCUT2D eigenvalue weighted by Crippen LogP contribution is -2.48. The molecular weight excluding hydrogens is 427 g/mol. The van der Waals surface area contributed by atoms with Crippen LogP contribution in [0, 0.1) is 0 Å². The number of benzene rings is 2. The van der Waals surface area contributed by atoms with E-state index in [4.69, 9.17) is 23.2 Å². The molecule has 2 heterocycles. The number of hydrogen-bond acceptors (Lipinski definition) is 4. The smallest absolute Gasteiger partial charge is 0.0451 e. The Morgan fingerprint density at radius 1 is 0.516 bits per heavy atom. The van der Waals surface area contributed by atoms with E-state index >= 15 is 0 Å². The van der Waals surface area contributed by atoms with E-state index in [1.165, 1.54) is 30.6 Å². The summed E-state index contributed by atoms with van der Waals surface area (Å²) in [6.45, 7) is 13.5. The maximum atomic E-state index is 6.32. The molecule has 0 radical (unpaired) electrons. The summed E-state index contributed by atoms with van der Waals surface area (Å²) in [6, 6.07) is 16.4. The lowest BCUT2D eigenvalue weighted by atomic mass is 10.2. The van der Waals surface area contributed by atoms with Crippen LogP contribution in [0.2, 0.25) is 10.0 Å². The van der Waals surface area contributed by atoms with Crippen LogP contribution in [-0.2, 0) is 13.1 Å². The molecule has 0 aromatic heterocycles. The Kier molecular flexibility index (Phi) is 8.65. The fourth-order valence-electron chi connectivity index (χ4n) is 4.60. The van der Waals surface area contributed by atoms with Gasteiger partial charge in [-0.1, -0.05) is 59.6 Å². The highest BCUT2D eigenvalue weighted by molar-refractivity contribution is 6.31. The van der Waals surface area contributed by atoms with Crippen molar-refractivity contribution in [1.29, 1.82) is 0 Å². The predicted molar refractivity (Wildman–Crippen MR) is 131 cm³/mol. The molecule has 6 heteroatoms. The van der Waals surface area contributed by atoms with Crippen molar-refractivity contribution in [1.82, 2.24) is 19.6 Å². The maximum absolute atomic E-state index is 6.32. The number of hydrogen-bond donors (Lipinski definition) is 0. The van der Waals surface area contributed by atoms with Crippen molar-refractivity contribution in [3.8, 4) is 0 Å². The van der Waals surface area contributed by atoms with E-state index in [0.717, 1.165) is 75.5 Å². The molecule has 2 aliphatic heterocycles. The molecule has 0 saturated carbocycles. The first-order chi connectivity index (χ1) is 15.2. The molecule has 0 bridgehead atoms. The Morgan fingerprint density at radius 3 is 1.26 bits per heavy atom. The van der Waals surface area contributed by atoms with Crippen molar-refractivity contribution in [3.05, 3.63) is 69.7 Å². The lowest BCUT2D eigenvalue weighted by Gasteiger charge is -2.37. The first-order valence-electron chi connectivity index (χ1n) is 11.5. The molecule has 0 atom stereocenters. The zero-order chi connectivity index (χ0) is 21.5. The van der Waals surface area contributed by atoms with Crippen molar-refractivity contribution >= 4 is 23.2 Å². The normalized spacial score (nSPS) is 19.7.